The van der Waals surface area contributed by atoms with Crippen LogP contribution < -0.4 is 5.32 Å². The highest BCUT2D eigenvalue weighted by atomic mass is 15.2. The van der Waals surface area contributed by atoms with E-state index in [1.165, 1.54) is 43.4 Å². The van der Waals surface area contributed by atoms with Crippen LogP contribution in [0.5, 0.6) is 0 Å². The Morgan fingerprint density at radius 1 is 1.06 bits per heavy atom. The van der Waals surface area contributed by atoms with Crippen molar-refractivity contribution in [3.8, 4) is 0 Å². The molecule has 2 aliphatic rings. The molecule has 3 rings (SSSR count). The van der Waals surface area contributed by atoms with Gasteiger partial charge >= 0.3 is 0 Å². The maximum absolute atomic E-state index is 3.56. The molecule has 1 aromatic rings. The molecule has 2 fully saturated rings. The van der Waals surface area contributed by atoms with Crippen molar-refractivity contribution < 1.29 is 0 Å². The van der Waals surface area contributed by atoms with Gasteiger partial charge in [-0.3, -0.25) is 4.90 Å². The van der Waals surface area contributed by atoms with Crippen LogP contribution in [-0.4, -0.2) is 23.5 Å². The summed E-state index contributed by atoms with van der Waals surface area (Å²) in [5.41, 5.74) is 2.87. The molecule has 1 N–H and O–H groups in total. The van der Waals surface area contributed by atoms with Crippen LogP contribution in [0.3, 0.4) is 0 Å². The lowest BCUT2D eigenvalue weighted by Gasteiger charge is -2.19. The molecule has 98 valence electrons. The van der Waals surface area contributed by atoms with Crippen molar-refractivity contribution in [3.63, 3.8) is 0 Å². The monoisotopic (exact) mass is 244 g/mol. The van der Waals surface area contributed by atoms with E-state index in [-0.39, 0.29) is 0 Å². The molecule has 0 aromatic heterocycles. The minimum absolute atomic E-state index is 0.801. The maximum Gasteiger partial charge on any atom is 0.0236 e. The zero-order chi connectivity index (χ0) is 12.4. The number of rotatable bonds is 7. The largest absolute Gasteiger partial charge is 0.310 e. The number of nitrogens with one attached hydrogen (secondary N) is 1. The van der Waals surface area contributed by atoms with Crippen LogP contribution >= 0.6 is 0 Å². The lowest BCUT2D eigenvalue weighted by atomic mass is 10.1. The van der Waals surface area contributed by atoms with Gasteiger partial charge in [-0.05, 0) is 43.4 Å². The van der Waals surface area contributed by atoms with Gasteiger partial charge in [0.2, 0.25) is 0 Å². The summed E-state index contributed by atoms with van der Waals surface area (Å²) < 4.78 is 0. The van der Waals surface area contributed by atoms with Crippen LogP contribution in [0.2, 0.25) is 0 Å². The molecule has 0 heterocycles. The van der Waals surface area contributed by atoms with Gasteiger partial charge in [0.1, 0.15) is 0 Å². The molecule has 0 atom stereocenters. The molecule has 0 aliphatic heterocycles. The van der Waals surface area contributed by atoms with Crippen molar-refractivity contribution in [1.29, 1.82) is 0 Å². The van der Waals surface area contributed by atoms with Gasteiger partial charge in [-0.1, -0.05) is 31.2 Å². The van der Waals surface area contributed by atoms with Crippen molar-refractivity contribution in [2.45, 2.75) is 57.8 Å². The van der Waals surface area contributed by atoms with Gasteiger partial charge in [0.05, 0.1) is 0 Å². The standard InChI is InChI=1S/C16H24N2/c1-2-18(16-9-10-16)12-14-5-3-13(4-6-14)11-17-15-7-8-15/h3-6,15-17H,2,7-12H2,1H3. The fourth-order valence-electron chi connectivity index (χ4n) is 2.49. The molecule has 0 radical (unpaired) electrons. The second kappa shape index (κ2) is 5.41. The first-order chi connectivity index (χ1) is 8.85. The van der Waals surface area contributed by atoms with Crippen LogP contribution in [0.4, 0.5) is 0 Å². The lowest BCUT2D eigenvalue weighted by Crippen LogP contribution is -2.25. The molecular weight excluding hydrogens is 220 g/mol. The van der Waals surface area contributed by atoms with E-state index in [9.17, 15) is 0 Å². The summed E-state index contributed by atoms with van der Waals surface area (Å²) in [6.45, 7) is 5.60. The molecule has 0 amide bonds. The predicted molar refractivity (Wildman–Crippen MR) is 75.4 cm³/mol. The van der Waals surface area contributed by atoms with E-state index in [0.29, 0.717) is 0 Å². The summed E-state index contributed by atoms with van der Waals surface area (Å²) in [5, 5.41) is 3.56. The van der Waals surface area contributed by atoms with E-state index in [1.54, 1.807) is 0 Å². The van der Waals surface area contributed by atoms with Crippen LogP contribution in [0.15, 0.2) is 24.3 Å². The molecule has 2 saturated carbocycles. The van der Waals surface area contributed by atoms with Crippen LogP contribution in [0, 0.1) is 0 Å². The topological polar surface area (TPSA) is 15.3 Å². The quantitative estimate of drug-likeness (QED) is 0.793. The first-order valence-electron chi connectivity index (χ1n) is 7.40. The van der Waals surface area contributed by atoms with Gasteiger partial charge in [0.25, 0.3) is 0 Å². The third kappa shape index (κ3) is 3.33. The number of nitrogens with zero attached hydrogens (tertiary/aromatic N) is 1. The summed E-state index contributed by atoms with van der Waals surface area (Å²) >= 11 is 0. The highest BCUT2D eigenvalue weighted by molar-refractivity contribution is 5.22. The molecule has 18 heavy (non-hydrogen) atoms. The van der Waals surface area contributed by atoms with Gasteiger partial charge in [-0.2, -0.15) is 0 Å². The van der Waals surface area contributed by atoms with E-state index in [0.717, 1.165) is 25.2 Å². The highest BCUT2D eigenvalue weighted by Gasteiger charge is 2.27. The number of benzene rings is 1. The van der Waals surface area contributed by atoms with E-state index in [2.05, 4.69) is 41.4 Å². The second-order valence-electron chi connectivity index (χ2n) is 5.77. The fourth-order valence-corrected chi connectivity index (χ4v) is 2.49. The SMILES string of the molecule is CCN(Cc1ccc(CNC2CC2)cc1)C1CC1. The third-order valence-electron chi connectivity index (χ3n) is 4.05. The molecular formula is C16H24N2. The number of hydrogen-bond donors (Lipinski definition) is 1. The van der Waals surface area contributed by atoms with Gasteiger partial charge < -0.3 is 5.32 Å². The molecule has 2 aliphatic carbocycles. The smallest absolute Gasteiger partial charge is 0.0236 e. The highest BCUT2D eigenvalue weighted by Crippen LogP contribution is 2.28. The van der Waals surface area contributed by atoms with Crippen molar-refractivity contribution in [2.24, 2.45) is 0 Å². The third-order valence-corrected chi connectivity index (χ3v) is 4.05. The average Bonchev–Trinajstić information content (AvgIpc) is 3.28. The lowest BCUT2D eigenvalue weighted by molar-refractivity contribution is 0.269. The molecule has 1 aromatic carbocycles. The Kier molecular flexibility index (Phi) is 3.67. The Hall–Kier alpha value is -0.860. The molecule has 0 saturated heterocycles. The summed E-state index contributed by atoms with van der Waals surface area (Å²) in [4.78, 5) is 2.59. The van der Waals surface area contributed by atoms with Gasteiger partial charge in [-0.15, -0.1) is 0 Å². The minimum Gasteiger partial charge on any atom is -0.310 e. The average molecular weight is 244 g/mol. The van der Waals surface area contributed by atoms with E-state index >= 15 is 0 Å². The van der Waals surface area contributed by atoms with Crippen LogP contribution in [0.25, 0.3) is 0 Å². The first-order valence-corrected chi connectivity index (χ1v) is 7.40. The van der Waals surface area contributed by atoms with Gasteiger partial charge in [-0.25, -0.2) is 0 Å². The van der Waals surface area contributed by atoms with E-state index in [1.807, 2.05) is 0 Å². The first kappa shape index (κ1) is 12.2. The van der Waals surface area contributed by atoms with E-state index < -0.39 is 0 Å². The fraction of sp³-hybridized carbons (Fsp3) is 0.625. The minimum atomic E-state index is 0.801. The Morgan fingerprint density at radius 2 is 1.72 bits per heavy atom. The zero-order valence-electron chi connectivity index (χ0n) is 11.4. The van der Waals surface area contributed by atoms with Crippen molar-refractivity contribution >= 4 is 0 Å². The van der Waals surface area contributed by atoms with Crippen molar-refractivity contribution in [3.05, 3.63) is 35.4 Å². The summed E-state index contributed by atoms with van der Waals surface area (Å²) in [7, 11) is 0. The van der Waals surface area contributed by atoms with Crippen LogP contribution in [0.1, 0.15) is 43.7 Å². The zero-order valence-corrected chi connectivity index (χ0v) is 11.4. The molecule has 0 unspecified atom stereocenters. The number of hydrogen-bond acceptors (Lipinski definition) is 2. The Morgan fingerprint density at radius 3 is 2.28 bits per heavy atom. The predicted octanol–water partition coefficient (Wildman–Crippen LogP) is 2.92. The second-order valence-corrected chi connectivity index (χ2v) is 5.77. The Balaban J connectivity index is 1.52. The van der Waals surface area contributed by atoms with Gasteiger partial charge in [0, 0.05) is 25.2 Å². The Labute approximate surface area is 110 Å². The molecule has 0 spiro atoms. The summed E-state index contributed by atoms with van der Waals surface area (Å²) in [6.07, 6.45) is 5.53. The molecule has 2 nitrogen and oxygen atoms in total. The Bertz CT molecular complexity index is 377. The van der Waals surface area contributed by atoms with Gasteiger partial charge in [0.15, 0.2) is 0 Å². The van der Waals surface area contributed by atoms with E-state index in [4.69, 9.17) is 0 Å². The van der Waals surface area contributed by atoms with Crippen molar-refractivity contribution in [1.82, 2.24) is 10.2 Å². The molecule has 0 bridgehead atoms. The summed E-state index contributed by atoms with van der Waals surface area (Å²) in [6, 6.07) is 10.8. The van der Waals surface area contributed by atoms with Crippen molar-refractivity contribution in [2.75, 3.05) is 6.54 Å². The van der Waals surface area contributed by atoms with Crippen LogP contribution in [-0.2, 0) is 13.1 Å². The normalized spacial score (nSPS) is 19.4. The summed E-state index contributed by atoms with van der Waals surface area (Å²) in [5.74, 6) is 0. The molecule has 2 heteroatoms. The maximum atomic E-state index is 3.56.